The van der Waals surface area contributed by atoms with Gasteiger partial charge in [0.15, 0.2) is 5.78 Å². The summed E-state index contributed by atoms with van der Waals surface area (Å²) in [4.78, 5) is 25.0. The van der Waals surface area contributed by atoms with Gasteiger partial charge in [0.1, 0.15) is 0 Å². The van der Waals surface area contributed by atoms with Crippen LogP contribution in [0.25, 0.3) is 0 Å². The molecule has 1 amide bonds. The molecule has 1 aromatic heterocycles. The lowest BCUT2D eigenvalue weighted by Gasteiger charge is -2.43. The number of Topliss-reactive ketones (excluding diaryl/α,β-unsaturated/α-hetero) is 1. The minimum atomic E-state index is -0.309. The van der Waals surface area contributed by atoms with Gasteiger partial charge in [-0.25, -0.2) is 0 Å². The van der Waals surface area contributed by atoms with Crippen molar-refractivity contribution >= 4 is 46.2 Å². The second-order valence-electron chi connectivity index (χ2n) is 6.02. The summed E-state index contributed by atoms with van der Waals surface area (Å²) in [6.45, 7) is 0. The molecule has 3 nitrogen and oxygen atoms in total. The number of ketones is 1. The fraction of sp³-hybridized carbons (Fsp3) is 0.333. The molecule has 1 aliphatic rings. The van der Waals surface area contributed by atoms with Gasteiger partial charge in [0.2, 0.25) is 5.91 Å². The number of amides is 1. The fourth-order valence-corrected chi connectivity index (χ4v) is 4.07. The Hall–Kier alpha value is -1.36. The molecule has 0 bridgehead atoms. The Morgan fingerprint density at radius 3 is 2.29 bits per heavy atom. The van der Waals surface area contributed by atoms with Crippen LogP contribution in [0.2, 0.25) is 9.36 Å². The summed E-state index contributed by atoms with van der Waals surface area (Å²) in [5.41, 5.74) is 0.764. The SMILES string of the molecule is O=C(CCC(=O)c1ccc(Cl)s1)NC1(c2ccc(Cl)cc2)CCC1. The van der Waals surface area contributed by atoms with Crippen LogP contribution in [0.5, 0.6) is 0 Å². The van der Waals surface area contributed by atoms with E-state index in [0.29, 0.717) is 14.2 Å². The van der Waals surface area contributed by atoms with E-state index < -0.39 is 0 Å². The summed E-state index contributed by atoms with van der Waals surface area (Å²) in [5.74, 6) is -0.142. The summed E-state index contributed by atoms with van der Waals surface area (Å²) in [6, 6.07) is 11.0. The van der Waals surface area contributed by atoms with Gasteiger partial charge >= 0.3 is 0 Å². The molecule has 1 fully saturated rings. The smallest absolute Gasteiger partial charge is 0.221 e. The molecule has 0 saturated heterocycles. The van der Waals surface area contributed by atoms with E-state index in [-0.39, 0.29) is 30.1 Å². The predicted octanol–water partition coefficient (Wildman–Crippen LogP) is 5.21. The van der Waals surface area contributed by atoms with Crippen molar-refractivity contribution in [2.75, 3.05) is 0 Å². The summed E-state index contributed by atoms with van der Waals surface area (Å²) in [5, 5.41) is 3.80. The largest absolute Gasteiger partial charge is 0.347 e. The highest BCUT2D eigenvalue weighted by Gasteiger charge is 2.39. The van der Waals surface area contributed by atoms with Gasteiger partial charge in [0, 0.05) is 17.9 Å². The normalized spacial score (nSPS) is 15.6. The van der Waals surface area contributed by atoms with Crippen molar-refractivity contribution in [2.45, 2.75) is 37.6 Å². The van der Waals surface area contributed by atoms with Crippen LogP contribution < -0.4 is 5.32 Å². The molecule has 24 heavy (non-hydrogen) atoms. The van der Waals surface area contributed by atoms with Crippen molar-refractivity contribution in [3.05, 3.63) is 56.2 Å². The molecular formula is C18H17Cl2NO2S. The molecule has 1 heterocycles. The van der Waals surface area contributed by atoms with Crippen LogP contribution >= 0.6 is 34.5 Å². The van der Waals surface area contributed by atoms with E-state index in [9.17, 15) is 9.59 Å². The molecule has 6 heteroatoms. The predicted molar refractivity (Wildman–Crippen MR) is 98.0 cm³/mol. The number of hydrogen-bond donors (Lipinski definition) is 1. The third-order valence-electron chi connectivity index (χ3n) is 4.41. The number of carbonyl (C=O) groups excluding carboxylic acids is 2. The lowest BCUT2D eigenvalue weighted by molar-refractivity contribution is -0.124. The Bertz CT molecular complexity index is 751. The number of halogens is 2. The van der Waals surface area contributed by atoms with Crippen molar-refractivity contribution in [1.29, 1.82) is 0 Å². The summed E-state index contributed by atoms with van der Waals surface area (Å²) >= 11 is 13.0. The first kappa shape index (κ1) is 17.5. The maximum absolute atomic E-state index is 12.3. The summed E-state index contributed by atoms with van der Waals surface area (Å²) < 4.78 is 0.582. The molecular weight excluding hydrogens is 365 g/mol. The number of nitrogens with one attached hydrogen (secondary N) is 1. The van der Waals surface area contributed by atoms with Crippen LogP contribution in [-0.2, 0) is 10.3 Å². The number of benzene rings is 1. The van der Waals surface area contributed by atoms with E-state index in [1.54, 1.807) is 12.1 Å². The minimum Gasteiger partial charge on any atom is -0.347 e. The molecule has 0 atom stereocenters. The highest BCUT2D eigenvalue weighted by molar-refractivity contribution is 7.18. The lowest BCUT2D eigenvalue weighted by Crippen LogP contribution is -2.50. The van der Waals surface area contributed by atoms with Gasteiger partial charge in [0.25, 0.3) is 0 Å². The zero-order valence-electron chi connectivity index (χ0n) is 13.0. The zero-order chi connectivity index (χ0) is 17.2. The molecule has 3 rings (SSSR count). The van der Waals surface area contributed by atoms with Gasteiger partial charge in [-0.05, 0) is 49.1 Å². The highest BCUT2D eigenvalue weighted by Crippen LogP contribution is 2.41. The van der Waals surface area contributed by atoms with Gasteiger partial charge < -0.3 is 5.32 Å². The molecule has 126 valence electrons. The number of hydrogen-bond acceptors (Lipinski definition) is 3. The van der Waals surface area contributed by atoms with Crippen LogP contribution in [0.1, 0.15) is 47.3 Å². The summed E-state index contributed by atoms with van der Waals surface area (Å²) in [7, 11) is 0. The van der Waals surface area contributed by atoms with E-state index in [1.807, 2.05) is 24.3 Å². The quantitative estimate of drug-likeness (QED) is 0.697. The van der Waals surface area contributed by atoms with E-state index >= 15 is 0 Å². The van der Waals surface area contributed by atoms with E-state index in [0.717, 1.165) is 24.8 Å². The van der Waals surface area contributed by atoms with Crippen LogP contribution in [0.15, 0.2) is 36.4 Å². The molecule has 0 aliphatic heterocycles. The third-order valence-corrected chi connectivity index (χ3v) is 5.93. The molecule has 0 unspecified atom stereocenters. The van der Waals surface area contributed by atoms with Crippen molar-refractivity contribution in [1.82, 2.24) is 5.32 Å². The van der Waals surface area contributed by atoms with Crippen LogP contribution in [0, 0.1) is 0 Å². The molecule has 1 N–H and O–H groups in total. The Morgan fingerprint density at radius 1 is 1.04 bits per heavy atom. The van der Waals surface area contributed by atoms with E-state index in [4.69, 9.17) is 23.2 Å². The second kappa shape index (κ2) is 7.26. The Kier molecular flexibility index (Phi) is 5.28. The number of rotatable bonds is 6. The van der Waals surface area contributed by atoms with Crippen molar-refractivity contribution < 1.29 is 9.59 Å². The molecule has 0 spiro atoms. The number of thiophene rings is 1. The minimum absolute atomic E-state index is 0.0452. The Balaban J connectivity index is 1.59. The lowest BCUT2D eigenvalue weighted by atomic mass is 9.71. The highest BCUT2D eigenvalue weighted by atomic mass is 35.5. The fourth-order valence-electron chi connectivity index (χ4n) is 2.93. The Labute approximate surface area is 155 Å². The van der Waals surface area contributed by atoms with Crippen LogP contribution in [-0.4, -0.2) is 11.7 Å². The first-order valence-electron chi connectivity index (χ1n) is 7.84. The first-order valence-corrected chi connectivity index (χ1v) is 9.41. The van der Waals surface area contributed by atoms with E-state index in [1.165, 1.54) is 11.3 Å². The average Bonchev–Trinajstić information content (AvgIpc) is 2.96. The van der Waals surface area contributed by atoms with Gasteiger partial charge in [-0.2, -0.15) is 0 Å². The third kappa shape index (κ3) is 3.82. The van der Waals surface area contributed by atoms with Gasteiger partial charge in [-0.3, -0.25) is 9.59 Å². The Morgan fingerprint density at radius 2 is 1.75 bits per heavy atom. The van der Waals surface area contributed by atoms with Gasteiger partial charge in [-0.1, -0.05) is 35.3 Å². The van der Waals surface area contributed by atoms with Crippen LogP contribution in [0.3, 0.4) is 0 Å². The topological polar surface area (TPSA) is 46.2 Å². The zero-order valence-corrected chi connectivity index (χ0v) is 15.3. The van der Waals surface area contributed by atoms with Gasteiger partial charge in [-0.15, -0.1) is 11.3 Å². The first-order chi connectivity index (χ1) is 11.5. The van der Waals surface area contributed by atoms with Crippen molar-refractivity contribution in [3.63, 3.8) is 0 Å². The second-order valence-corrected chi connectivity index (χ2v) is 8.17. The van der Waals surface area contributed by atoms with Gasteiger partial charge in [0.05, 0.1) is 14.8 Å². The van der Waals surface area contributed by atoms with Crippen LogP contribution in [0.4, 0.5) is 0 Å². The molecule has 2 aromatic rings. The molecule has 0 radical (unpaired) electrons. The molecule has 1 saturated carbocycles. The van der Waals surface area contributed by atoms with Crippen molar-refractivity contribution in [3.8, 4) is 0 Å². The number of carbonyl (C=O) groups is 2. The average molecular weight is 382 g/mol. The van der Waals surface area contributed by atoms with E-state index in [2.05, 4.69) is 5.32 Å². The molecule has 1 aromatic carbocycles. The maximum atomic E-state index is 12.3. The van der Waals surface area contributed by atoms with Crippen molar-refractivity contribution in [2.24, 2.45) is 0 Å². The maximum Gasteiger partial charge on any atom is 0.221 e. The summed E-state index contributed by atoms with van der Waals surface area (Å²) in [6.07, 6.45) is 3.28. The monoisotopic (exact) mass is 381 g/mol. The standard InChI is InChI=1S/C18H17Cl2NO2S/c19-13-4-2-12(3-5-13)18(10-1-11-18)21-17(23)9-6-14(22)15-7-8-16(20)24-15/h2-5,7-8H,1,6,9-11H2,(H,21,23). The molecule has 1 aliphatic carbocycles.